The standard InChI is InChI=1S/C18H25BrN4O2/c1-12-15(19)13(11-20)10-14(21-12)23-8-6-18(5,7-9-23)22-16(24)25-17(2,3)4/h10H,6-9H2,1-5H3,(H,22,24). The fourth-order valence-corrected chi connectivity index (χ4v) is 3.08. The molecule has 1 aliphatic heterocycles. The molecule has 0 radical (unpaired) electrons. The molecule has 6 nitrogen and oxygen atoms in total. The first-order chi connectivity index (χ1) is 11.5. The fraction of sp³-hybridized carbons (Fsp3) is 0.611. The van der Waals surface area contributed by atoms with E-state index in [9.17, 15) is 10.1 Å². The third kappa shape index (κ3) is 5.08. The molecule has 0 aromatic carbocycles. The number of nitrogens with one attached hydrogen (secondary N) is 1. The molecule has 1 N–H and O–H groups in total. The third-order valence-electron chi connectivity index (χ3n) is 4.22. The Kier molecular flexibility index (Phi) is 5.62. The van der Waals surface area contributed by atoms with Crippen molar-refractivity contribution in [2.24, 2.45) is 0 Å². The molecule has 1 fully saturated rings. The van der Waals surface area contributed by atoms with Crippen LogP contribution in [0.3, 0.4) is 0 Å². The van der Waals surface area contributed by atoms with Gasteiger partial charge in [0, 0.05) is 18.6 Å². The molecule has 7 heteroatoms. The van der Waals surface area contributed by atoms with E-state index in [0.717, 1.165) is 41.9 Å². The summed E-state index contributed by atoms with van der Waals surface area (Å²) in [4.78, 5) is 18.8. The zero-order valence-corrected chi connectivity index (χ0v) is 17.0. The number of amides is 1. The Morgan fingerprint density at radius 2 is 2.04 bits per heavy atom. The predicted molar refractivity (Wildman–Crippen MR) is 101 cm³/mol. The van der Waals surface area contributed by atoms with E-state index in [-0.39, 0.29) is 11.6 Å². The first-order valence-corrected chi connectivity index (χ1v) is 9.16. The van der Waals surface area contributed by atoms with Gasteiger partial charge in [-0.25, -0.2) is 9.78 Å². The van der Waals surface area contributed by atoms with Crippen LogP contribution >= 0.6 is 15.9 Å². The highest BCUT2D eigenvalue weighted by atomic mass is 79.9. The van der Waals surface area contributed by atoms with E-state index in [1.54, 1.807) is 6.07 Å². The van der Waals surface area contributed by atoms with Gasteiger partial charge in [-0.15, -0.1) is 0 Å². The number of aromatic nitrogens is 1. The topological polar surface area (TPSA) is 78.2 Å². The molecule has 0 spiro atoms. The maximum Gasteiger partial charge on any atom is 0.408 e. The first kappa shape index (κ1) is 19.5. The Balaban J connectivity index is 2.03. The van der Waals surface area contributed by atoms with Gasteiger partial charge in [0.1, 0.15) is 17.5 Å². The summed E-state index contributed by atoms with van der Waals surface area (Å²) in [5, 5.41) is 12.3. The van der Waals surface area contributed by atoms with Crippen LogP contribution in [0.4, 0.5) is 10.6 Å². The number of aryl methyl sites for hydroxylation is 1. The van der Waals surface area contributed by atoms with E-state index in [1.165, 1.54) is 0 Å². The van der Waals surface area contributed by atoms with Gasteiger partial charge in [-0.3, -0.25) is 0 Å². The first-order valence-electron chi connectivity index (χ1n) is 8.36. The van der Waals surface area contributed by atoms with E-state index in [1.807, 2.05) is 34.6 Å². The number of halogens is 1. The largest absolute Gasteiger partial charge is 0.444 e. The van der Waals surface area contributed by atoms with Crippen LogP contribution in [0.5, 0.6) is 0 Å². The summed E-state index contributed by atoms with van der Waals surface area (Å²) < 4.78 is 6.10. The maximum absolute atomic E-state index is 12.0. The van der Waals surface area contributed by atoms with Crippen LogP contribution in [-0.4, -0.2) is 35.3 Å². The summed E-state index contributed by atoms with van der Waals surface area (Å²) in [6.45, 7) is 11.0. The van der Waals surface area contributed by atoms with Crippen LogP contribution in [0.2, 0.25) is 0 Å². The molecule has 1 aromatic rings. The number of hydrogen-bond donors (Lipinski definition) is 1. The Hall–Kier alpha value is -1.81. The van der Waals surface area contributed by atoms with E-state index in [0.29, 0.717) is 5.56 Å². The molecule has 2 heterocycles. The zero-order valence-electron chi connectivity index (χ0n) is 15.4. The van der Waals surface area contributed by atoms with Gasteiger partial charge >= 0.3 is 6.09 Å². The lowest BCUT2D eigenvalue weighted by atomic mass is 9.90. The number of pyridine rings is 1. The van der Waals surface area contributed by atoms with Crippen molar-refractivity contribution in [3.63, 3.8) is 0 Å². The number of ether oxygens (including phenoxy) is 1. The average Bonchev–Trinajstić information content (AvgIpc) is 2.48. The lowest BCUT2D eigenvalue weighted by Gasteiger charge is -2.40. The molecule has 25 heavy (non-hydrogen) atoms. The van der Waals surface area contributed by atoms with Crippen LogP contribution in [0.1, 0.15) is 51.8 Å². The highest BCUT2D eigenvalue weighted by Gasteiger charge is 2.33. The summed E-state index contributed by atoms with van der Waals surface area (Å²) in [6, 6.07) is 4.00. The molecule has 1 aromatic heterocycles. The molecule has 0 unspecified atom stereocenters. The number of anilines is 1. The summed E-state index contributed by atoms with van der Waals surface area (Å²) in [5.74, 6) is 0.802. The lowest BCUT2D eigenvalue weighted by molar-refractivity contribution is 0.0448. The van der Waals surface area contributed by atoms with Gasteiger partial charge in [0.2, 0.25) is 0 Å². The van der Waals surface area contributed by atoms with Crippen molar-refractivity contribution < 1.29 is 9.53 Å². The normalized spacial score (nSPS) is 16.9. The molecule has 1 amide bonds. The van der Waals surface area contributed by atoms with Crippen molar-refractivity contribution in [3.05, 3.63) is 21.8 Å². The van der Waals surface area contributed by atoms with Gasteiger partial charge in [-0.2, -0.15) is 5.26 Å². The minimum absolute atomic E-state index is 0.304. The quantitative estimate of drug-likeness (QED) is 0.802. The fourth-order valence-electron chi connectivity index (χ4n) is 2.79. The molecule has 0 atom stereocenters. The average molecular weight is 409 g/mol. The number of rotatable bonds is 2. The van der Waals surface area contributed by atoms with Gasteiger partial charge < -0.3 is 15.0 Å². The highest BCUT2D eigenvalue weighted by Crippen LogP contribution is 2.29. The number of nitrogens with zero attached hydrogens (tertiary/aromatic N) is 3. The molecule has 1 aliphatic rings. The van der Waals surface area contributed by atoms with Crippen molar-refractivity contribution in [2.45, 2.75) is 58.6 Å². The van der Waals surface area contributed by atoms with Crippen molar-refractivity contribution in [1.82, 2.24) is 10.3 Å². The predicted octanol–water partition coefficient (Wildman–Crippen LogP) is 3.91. The number of carbonyl (C=O) groups excluding carboxylic acids is 1. The van der Waals surface area contributed by atoms with Crippen LogP contribution < -0.4 is 10.2 Å². The zero-order chi connectivity index (χ0) is 18.8. The van der Waals surface area contributed by atoms with E-state index >= 15 is 0 Å². The Labute approximate surface area is 157 Å². The Bertz CT molecular complexity index is 698. The van der Waals surface area contributed by atoms with Crippen molar-refractivity contribution in [3.8, 4) is 6.07 Å². The molecular formula is C18H25BrN4O2. The van der Waals surface area contributed by atoms with Gasteiger partial charge in [-0.1, -0.05) is 0 Å². The number of hydrogen-bond acceptors (Lipinski definition) is 5. The summed E-state index contributed by atoms with van der Waals surface area (Å²) in [6.07, 6.45) is 1.18. The molecule has 1 saturated heterocycles. The minimum Gasteiger partial charge on any atom is -0.444 e. The smallest absolute Gasteiger partial charge is 0.408 e. The van der Waals surface area contributed by atoms with E-state index < -0.39 is 5.60 Å². The molecule has 0 bridgehead atoms. The third-order valence-corrected chi connectivity index (χ3v) is 5.22. The van der Waals surface area contributed by atoms with Crippen molar-refractivity contribution >= 4 is 27.8 Å². The van der Waals surface area contributed by atoms with Gasteiger partial charge in [0.05, 0.1) is 15.7 Å². The monoisotopic (exact) mass is 408 g/mol. The van der Waals surface area contributed by atoms with Gasteiger partial charge in [0.25, 0.3) is 0 Å². The van der Waals surface area contributed by atoms with Crippen LogP contribution in [0, 0.1) is 18.3 Å². The summed E-state index contributed by atoms with van der Waals surface area (Å²) in [7, 11) is 0. The molecule has 136 valence electrons. The minimum atomic E-state index is -0.506. The van der Waals surface area contributed by atoms with Crippen molar-refractivity contribution in [1.29, 1.82) is 5.26 Å². The molecule has 2 rings (SSSR count). The number of alkyl carbamates (subject to hydrolysis) is 1. The lowest BCUT2D eigenvalue weighted by Crippen LogP contribution is -2.54. The van der Waals surface area contributed by atoms with Gasteiger partial charge in [0.15, 0.2) is 0 Å². The molecule has 0 saturated carbocycles. The van der Waals surface area contributed by atoms with Gasteiger partial charge in [-0.05, 0) is 69.5 Å². The Morgan fingerprint density at radius 1 is 1.44 bits per heavy atom. The van der Waals surface area contributed by atoms with E-state index in [2.05, 4.69) is 37.2 Å². The maximum atomic E-state index is 12.0. The number of nitriles is 1. The second-order valence-corrected chi connectivity index (χ2v) is 8.51. The molecule has 0 aliphatic carbocycles. The number of piperidine rings is 1. The van der Waals surface area contributed by atoms with Crippen LogP contribution in [0.15, 0.2) is 10.5 Å². The van der Waals surface area contributed by atoms with E-state index in [4.69, 9.17) is 4.74 Å². The number of carbonyl (C=O) groups is 1. The van der Waals surface area contributed by atoms with Crippen molar-refractivity contribution in [2.75, 3.05) is 18.0 Å². The Morgan fingerprint density at radius 3 is 2.56 bits per heavy atom. The second-order valence-electron chi connectivity index (χ2n) is 7.71. The highest BCUT2D eigenvalue weighted by molar-refractivity contribution is 9.10. The summed E-state index contributed by atoms with van der Waals surface area (Å²) in [5.41, 5.74) is 0.576. The van der Waals surface area contributed by atoms with Crippen LogP contribution in [0.25, 0.3) is 0 Å². The second kappa shape index (κ2) is 7.20. The molecular weight excluding hydrogens is 384 g/mol. The van der Waals surface area contributed by atoms with Crippen LogP contribution in [-0.2, 0) is 4.74 Å². The SMILES string of the molecule is Cc1nc(N2CCC(C)(NC(=O)OC(C)(C)C)CC2)cc(C#N)c1Br. The summed E-state index contributed by atoms with van der Waals surface area (Å²) >= 11 is 3.40.